The van der Waals surface area contributed by atoms with Crippen molar-refractivity contribution in [2.75, 3.05) is 19.7 Å². The fourth-order valence-electron chi connectivity index (χ4n) is 3.06. The molecule has 8 nitrogen and oxygen atoms in total. The third kappa shape index (κ3) is 2.44. The Labute approximate surface area is 138 Å². The molecule has 8 heteroatoms. The summed E-state index contributed by atoms with van der Waals surface area (Å²) in [6.45, 7) is 4.29. The average Bonchev–Trinajstić information content (AvgIpc) is 3.29. The van der Waals surface area contributed by atoms with Crippen molar-refractivity contribution in [2.45, 2.75) is 19.6 Å². The van der Waals surface area contributed by atoms with Gasteiger partial charge in [-0.2, -0.15) is 5.10 Å². The van der Waals surface area contributed by atoms with Gasteiger partial charge in [-0.25, -0.2) is 0 Å². The smallest absolute Gasteiger partial charge is 0.256 e. The first kappa shape index (κ1) is 14.8. The highest BCUT2D eigenvalue weighted by molar-refractivity contribution is 6.05. The van der Waals surface area contributed by atoms with E-state index in [1.54, 1.807) is 17.4 Å². The molecule has 0 spiro atoms. The maximum Gasteiger partial charge on any atom is 0.256 e. The molecule has 3 heterocycles. The number of rotatable bonds is 3. The summed E-state index contributed by atoms with van der Waals surface area (Å²) in [5.74, 6) is 0.732. The summed E-state index contributed by atoms with van der Waals surface area (Å²) >= 11 is 0. The van der Waals surface area contributed by atoms with Crippen molar-refractivity contribution in [1.82, 2.24) is 29.9 Å². The monoisotopic (exact) mass is 326 g/mol. The van der Waals surface area contributed by atoms with E-state index >= 15 is 0 Å². The molecule has 2 aromatic heterocycles. The Hall–Kier alpha value is -2.74. The Morgan fingerprint density at radius 2 is 2.38 bits per heavy atom. The number of aromatic amines is 1. The molecule has 4 rings (SSSR count). The Balaban J connectivity index is 1.60. The maximum absolute atomic E-state index is 13.0. The van der Waals surface area contributed by atoms with E-state index in [2.05, 4.69) is 20.4 Å². The lowest BCUT2D eigenvalue weighted by Gasteiger charge is -2.32. The van der Waals surface area contributed by atoms with Gasteiger partial charge in [0.15, 0.2) is 5.82 Å². The zero-order valence-electron chi connectivity index (χ0n) is 13.3. The number of aryl methyl sites for hydroxylation is 1. The van der Waals surface area contributed by atoms with Gasteiger partial charge in [-0.15, -0.1) is 10.2 Å². The van der Waals surface area contributed by atoms with Crippen LogP contribution in [0.5, 0.6) is 0 Å². The van der Waals surface area contributed by atoms with E-state index < -0.39 is 0 Å². The van der Waals surface area contributed by atoms with Gasteiger partial charge in [-0.1, -0.05) is 12.1 Å². The zero-order chi connectivity index (χ0) is 16.5. The minimum absolute atomic E-state index is 0.0271. The largest absolute Gasteiger partial charge is 0.366 e. The van der Waals surface area contributed by atoms with E-state index in [4.69, 9.17) is 4.74 Å². The topological polar surface area (TPSA) is 88.9 Å². The Kier molecular flexibility index (Phi) is 3.73. The molecule has 24 heavy (non-hydrogen) atoms. The van der Waals surface area contributed by atoms with Crippen LogP contribution in [0.15, 0.2) is 30.7 Å². The number of carbonyl (C=O) groups is 1. The van der Waals surface area contributed by atoms with Crippen molar-refractivity contribution in [3.8, 4) is 0 Å². The number of fused-ring (bicyclic) bond motifs is 1. The number of para-hydroxylation sites is 1. The maximum atomic E-state index is 13.0. The summed E-state index contributed by atoms with van der Waals surface area (Å²) in [6, 6.07) is 5.63. The number of benzene rings is 1. The fourth-order valence-corrected chi connectivity index (χ4v) is 3.06. The van der Waals surface area contributed by atoms with Gasteiger partial charge in [-0.3, -0.25) is 9.89 Å². The summed E-state index contributed by atoms with van der Waals surface area (Å²) < 4.78 is 7.75. The molecule has 1 atom stereocenters. The number of nitrogens with zero attached hydrogens (tertiary/aromatic N) is 5. The molecule has 1 aromatic carbocycles. The van der Waals surface area contributed by atoms with Crippen molar-refractivity contribution in [3.63, 3.8) is 0 Å². The van der Waals surface area contributed by atoms with Gasteiger partial charge in [-0.05, 0) is 13.0 Å². The van der Waals surface area contributed by atoms with Crippen LogP contribution in [-0.2, 0) is 11.3 Å². The zero-order valence-corrected chi connectivity index (χ0v) is 13.3. The van der Waals surface area contributed by atoms with Gasteiger partial charge < -0.3 is 14.2 Å². The number of aromatic nitrogens is 5. The molecule has 0 bridgehead atoms. The molecular weight excluding hydrogens is 308 g/mol. The highest BCUT2D eigenvalue weighted by Crippen LogP contribution is 2.23. The summed E-state index contributed by atoms with van der Waals surface area (Å²) in [6.07, 6.45) is 3.15. The van der Waals surface area contributed by atoms with Crippen molar-refractivity contribution in [1.29, 1.82) is 0 Å². The lowest BCUT2D eigenvalue weighted by molar-refractivity contribution is -0.0283. The van der Waals surface area contributed by atoms with Crippen molar-refractivity contribution in [3.05, 3.63) is 42.1 Å². The average molecular weight is 326 g/mol. The summed E-state index contributed by atoms with van der Waals surface area (Å²) in [5, 5.41) is 16.0. The summed E-state index contributed by atoms with van der Waals surface area (Å²) in [5.41, 5.74) is 1.39. The van der Waals surface area contributed by atoms with E-state index in [0.717, 1.165) is 23.3 Å². The highest BCUT2D eigenvalue weighted by Gasteiger charge is 2.29. The number of morpholine rings is 1. The summed E-state index contributed by atoms with van der Waals surface area (Å²) in [4.78, 5) is 14.8. The second-order valence-corrected chi connectivity index (χ2v) is 5.73. The molecule has 0 saturated carbocycles. The Morgan fingerprint density at radius 1 is 1.46 bits per heavy atom. The molecule has 0 aliphatic carbocycles. The van der Waals surface area contributed by atoms with Crippen LogP contribution in [0.3, 0.4) is 0 Å². The molecular formula is C16H18N6O2. The first-order valence-electron chi connectivity index (χ1n) is 7.98. The quantitative estimate of drug-likeness (QED) is 0.785. The van der Waals surface area contributed by atoms with Crippen LogP contribution in [0.1, 0.15) is 29.2 Å². The number of H-pyrrole nitrogens is 1. The lowest BCUT2D eigenvalue weighted by Crippen LogP contribution is -2.43. The van der Waals surface area contributed by atoms with Crippen LogP contribution in [-0.4, -0.2) is 55.5 Å². The number of carbonyl (C=O) groups excluding carboxylic acids is 1. The molecule has 0 radical (unpaired) electrons. The van der Waals surface area contributed by atoms with E-state index in [1.165, 1.54) is 0 Å². The Morgan fingerprint density at radius 3 is 3.25 bits per heavy atom. The molecule has 124 valence electrons. The SMILES string of the molecule is CCn1cnnc1[C@@H]1CN(C(=O)c2cccc3cn[nH]c23)CCO1. The third-order valence-electron chi connectivity index (χ3n) is 4.33. The molecule has 1 aliphatic rings. The first-order chi connectivity index (χ1) is 11.8. The van der Waals surface area contributed by atoms with Crippen LogP contribution in [0.2, 0.25) is 0 Å². The molecule has 3 aromatic rings. The molecule has 1 aliphatic heterocycles. The van der Waals surface area contributed by atoms with Gasteiger partial charge in [0.05, 0.1) is 30.4 Å². The normalized spacial score (nSPS) is 18.2. The van der Waals surface area contributed by atoms with Gasteiger partial charge >= 0.3 is 0 Å². The number of hydrogen-bond acceptors (Lipinski definition) is 5. The van der Waals surface area contributed by atoms with Crippen LogP contribution in [0.25, 0.3) is 10.9 Å². The van der Waals surface area contributed by atoms with Crippen LogP contribution in [0, 0.1) is 0 Å². The van der Waals surface area contributed by atoms with E-state index in [9.17, 15) is 4.79 Å². The Bertz CT molecular complexity index is 870. The number of amides is 1. The third-order valence-corrected chi connectivity index (χ3v) is 4.33. The molecule has 1 amide bonds. The number of ether oxygens (including phenoxy) is 1. The van der Waals surface area contributed by atoms with Crippen LogP contribution < -0.4 is 0 Å². The number of hydrogen-bond donors (Lipinski definition) is 1. The molecule has 1 fully saturated rings. The van der Waals surface area contributed by atoms with Crippen LogP contribution in [0.4, 0.5) is 0 Å². The predicted molar refractivity (Wildman–Crippen MR) is 86.4 cm³/mol. The van der Waals surface area contributed by atoms with Gasteiger partial charge in [0.25, 0.3) is 5.91 Å². The van der Waals surface area contributed by atoms with E-state index in [0.29, 0.717) is 25.3 Å². The predicted octanol–water partition coefficient (Wildman–Crippen LogP) is 1.39. The first-order valence-corrected chi connectivity index (χ1v) is 7.98. The van der Waals surface area contributed by atoms with E-state index in [1.807, 2.05) is 29.7 Å². The molecule has 1 N–H and O–H groups in total. The van der Waals surface area contributed by atoms with Gasteiger partial charge in [0.1, 0.15) is 12.4 Å². The van der Waals surface area contributed by atoms with Crippen molar-refractivity contribution >= 4 is 16.8 Å². The van der Waals surface area contributed by atoms with Crippen molar-refractivity contribution < 1.29 is 9.53 Å². The van der Waals surface area contributed by atoms with Gasteiger partial charge in [0.2, 0.25) is 0 Å². The molecule has 0 unspecified atom stereocenters. The highest BCUT2D eigenvalue weighted by atomic mass is 16.5. The minimum Gasteiger partial charge on any atom is -0.366 e. The summed E-state index contributed by atoms with van der Waals surface area (Å²) in [7, 11) is 0. The lowest BCUT2D eigenvalue weighted by atomic mass is 10.1. The molecule has 1 saturated heterocycles. The second kappa shape index (κ2) is 6.04. The second-order valence-electron chi connectivity index (χ2n) is 5.73. The van der Waals surface area contributed by atoms with Crippen molar-refractivity contribution in [2.24, 2.45) is 0 Å². The van der Waals surface area contributed by atoms with Gasteiger partial charge in [0, 0.05) is 18.5 Å². The van der Waals surface area contributed by atoms with Crippen LogP contribution >= 0.6 is 0 Å². The minimum atomic E-state index is -0.258. The van der Waals surface area contributed by atoms with E-state index in [-0.39, 0.29) is 12.0 Å². The number of nitrogens with one attached hydrogen (secondary N) is 1. The standard InChI is InChI=1S/C16H18N6O2/c1-2-21-10-18-20-15(21)13-9-22(6-7-24-13)16(23)12-5-3-4-11-8-17-19-14(11)12/h3-5,8,10,13H,2,6-7,9H2,1H3,(H,17,19)/t13-/m0/s1. The fraction of sp³-hybridized carbons (Fsp3) is 0.375.